The van der Waals surface area contributed by atoms with Crippen molar-refractivity contribution in [1.29, 1.82) is 0 Å². The highest BCUT2D eigenvalue weighted by Gasteiger charge is 2.20. The summed E-state index contributed by atoms with van der Waals surface area (Å²) in [4.78, 5) is 25.5. The summed E-state index contributed by atoms with van der Waals surface area (Å²) in [6.45, 7) is 1.71. The fraction of sp³-hybridized carbons (Fsp3) is 0.357. The number of hydrogen-bond donors (Lipinski definition) is 3. The number of amides is 1. The van der Waals surface area contributed by atoms with Gasteiger partial charge >= 0.3 is 5.76 Å². The molecule has 1 atom stereocenters. The molecule has 1 fully saturated rings. The summed E-state index contributed by atoms with van der Waals surface area (Å²) >= 11 is 0. The first kappa shape index (κ1) is 13.6. The molecule has 0 saturated carbocycles. The standard InChI is InChI=1S/C14H16N4O3/c19-13(10-2-1-7-15-8-10)16-11-5-3-9(4-6-11)12-17-14(20)21-18-12/h3-6,10,15H,1-2,7-8H2,(H,16,19)(H,17,18,20). The van der Waals surface area contributed by atoms with Gasteiger partial charge < -0.3 is 10.6 Å². The Kier molecular flexibility index (Phi) is 3.83. The molecule has 110 valence electrons. The molecule has 7 heteroatoms. The number of hydrogen-bond acceptors (Lipinski definition) is 5. The number of aromatic amines is 1. The fourth-order valence-electron chi connectivity index (χ4n) is 2.39. The molecule has 2 heterocycles. The number of H-pyrrole nitrogens is 1. The molecule has 1 saturated heterocycles. The summed E-state index contributed by atoms with van der Waals surface area (Å²) < 4.78 is 4.46. The Labute approximate surface area is 120 Å². The normalized spacial score (nSPS) is 18.4. The lowest BCUT2D eigenvalue weighted by atomic mass is 9.99. The molecular weight excluding hydrogens is 272 g/mol. The number of carbonyl (C=O) groups excluding carboxylic acids is 1. The van der Waals surface area contributed by atoms with Gasteiger partial charge in [-0.3, -0.25) is 14.3 Å². The van der Waals surface area contributed by atoms with Crippen molar-refractivity contribution in [3.8, 4) is 11.4 Å². The van der Waals surface area contributed by atoms with Crippen LogP contribution in [-0.2, 0) is 4.79 Å². The number of carbonyl (C=O) groups is 1. The van der Waals surface area contributed by atoms with E-state index in [4.69, 9.17) is 0 Å². The van der Waals surface area contributed by atoms with Crippen LogP contribution in [0.3, 0.4) is 0 Å². The molecule has 1 aliphatic heterocycles. The van der Waals surface area contributed by atoms with Crippen LogP contribution in [0.5, 0.6) is 0 Å². The van der Waals surface area contributed by atoms with Gasteiger partial charge in [-0.05, 0) is 43.7 Å². The minimum Gasteiger partial charge on any atom is -0.326 e. The lowest BCUT2D eigenvalue weighted by Gasteiger charge is -2.21. The molecule has 21 heavy (non-hydrogen) atoms. The van der Waals surface area contributed by atoms with E-state index in [2.05, 4.69) is 25.3 Å². The largest absolute Gasteiger partial charge is 0.439 e. The van der Waals surface area contributed by atoms with Gasteiger partial charge in [0.1, 0.15) is 0 Å². The predicted molar refractivity (Wildman–Crippen MR) is 76.8 cm³/mol. The summed E-state index contributed by atoms with van der Waals surface area (Å²) in [6, 6.07) is 7.08. The van der Waals surface area contributed by atoms with Crippen molar-refractivity contribution in [2.45, 2.75) is 12.8 Å². The maximum absolute atomic E-state index is 12.1. The van der Waals surface area contributed by atoms with Crippen LogP contribution in [0.25, 0.3) is 11.4 Å². The highest BCUT2D eigenvalue weighted by Crippen LogP contribution is 2.18. The van der Waals surface area contributed by atoms with Crippen LogP contribution in [0.15, 0.2) is 33.6 Å². The van der Waals surface area contributed by atoms with E-state index in [1.165, 1.54) is 0 Å². The van der Waals surface area contributed by atoms with Crippen molar-refractivity contribution >= 4 is 11.6 Å². The van der Waals surface area contributed by atoms with Gasteiger partial charge in [0.25, 0.3) is 0 Å². The maximum atomic E-state index is 12.1. The van der Waals surface area contributed by atoms with Crippen LogP contribution in [-0.4, -0.2) is 29.1 Å². The van der Waals surface area contributed by atoms with Crippen molar-refractivity contribution in [1.82, 2.24) is 15.5 Å². The van der Waals surface area contributed by atoms with Crippen molar-refractivity contribution in [2.24, 2.45) is 5.92 Å². The molecule has 0 bridgehead atoms. The molecule has 1 unspecified atom stereocenters. The molecule has 0 aliphatic carbocycles. The molecular formula is C14H16N4O3. The molecule has 2 aromatic rings. The highest BCUT2D eigenvalue weighted by molar-refractivity contribution is 5.92. The molecule has 0 spiro atoms. The number of benzene rings is 1. The van der Waals surface area contributed by atoms with Gasteiger partial charge in [0, 0.05) is 17.8 Å². The van der Waals surface area contributed by atoms with Gasteiger partial charge in [0.05, 0.1) is 5.92 Å². The minimum atomic E-state index is -0.591. The van der Waals surface area contributed by atoms with Crippen LogP contribution in [0.4, 0.5) is 5.69 Å². The summed E-state index contributed by atoms with van der Waals surface area (Å²) in [5.41, 5.74) is 1.44. The zero-order valence-corrected chi connectivity index (χ0v) is 11.4. The van der Waals surface area contributed by atoms with E-state index >= 15 is 0 Å². The number of nitrogens with zero attached hydrogens (tertiary/aromatic N) is 1. The SMILES string of the molecule is O=C(Nc1ccc(-c2noc(=O)[nH]2)cc1)C1CCCNC1. The van der Waals surface area contributed by atoms with Gasteiger partial charge in [0.15, 0.2) is 5.82 Å². The van der Waals surface area contributed by atoms with E-state index in [1.807, 2.05) is 0 Å². The average molecular weight is 288 g/mol. The number of piperidine rings is 1. The molecule has 7 nitrogen and oxygen atoms in total. The van der Waals surface area contributed by atoms with Gasteiger partial charge in [-0.15, -0.1) is 0 Å². The molecule has 1 aliphatic rings. The van der Waals surface area contributed by atoms with E-state index in [-0.39, 0.29) is 11.8 Å². The minimum absolute atomic E-state index is 0.0188. The van der Waals surface area contributed by atoms with Crippen LogP contribution < -0.4 is 16.4 Å². The van der Waals surface area contributed by atoms with Crippen LogP contribution >= 0.6 is 0 Å². The topological polar surface area (TPSA) is 100 Å². The fourth-order valence-corrected chi connectivity index (χ4v) is 2.39. The van der Waals surface area contributed by atoms with Crippen LogP contribution in [0.2, 0.25) is 0 Å². The lowest BCUT2D eigenvalue weighted by molar-refractivity contribution is -0.120. The number of nitrogens with one attached hydrogen (secondary N) is 3. The predicted octanol–water partition coefficient (Wildman–Crippen LogP) is 0.968. The van der Waals surface area contributed by atoms with Crippen LogP contribution in [0.1, 0.15) is 12.8 Å². The van der Waals surface area contributed by atoms with Gasteiger partial charge in [-0.25, -0.2) is 4.79 Å². The maximum Gasteiger partial charge on any atom is 0.439 e. The first-order valence-electron chi connectivity index (χ1n) is 6.90. The van der Waals surface area contributed by atoms with Crippen molar-refractivity contribution in [3.05, 3.63) is 34.8 Å². The third-order valence-corrected chi connectivity index (χ3v) is 3.53. The van der Waals surface area contributed by atoms with E-state index in [0.29, 0.717) is 5.82 Å². The Hall–Kier alpha value is -2.41. The molecule has 1 aromatic carbocycles. The van der Waals surface area contributed by atoms with E-state index in [1.54, 1.807) is 24.3 Å². The summed E-state index contributed by atoms with van der Waals surface area (Å²) in [5.74, 6) is -0.170. The highest BCUT2D eigenvalue weighted by atomic mass is 16.5. The van der Waals surface area contributed by atoms with Crippen molar-refractivity contribution < 1.29 is 9.32 Å². The number of anilines is 1. The monoisotopic (exact) mass is 288 g/mol. The Morgan fingerprint density at radius 2 is 2.14 bits per heavy atom. The zero-order chi connectivity index (χ0) is 14.7. The number of rotatable bonds is 3. The van der Waals surface area contributed by atoms with Gasteiger partial charge in [0.2, 0.25) is 5.91 Å². The molecule has 3 rings (SSSR count). The van der Waals surface area contributed by atoms with E-state index < -0.39 is 5.76 Å². The third-order valence-electron chi connectivity index (χ3n) is 3.53. The van der Waals surface area contributed by atoms with Gasteiger partial charge in [-0.2, -0.15) is 0 Å². The Morgan fingerprint density at radius 1 is 1.33 bits per heavy atom. The Bertz CT molecular complexity index is 668. The molecule has 1 aromatic heterocycles. The van der Waals surface area contributed by atoms with Gasteiger partial charge in [-0.1, -0.05) is 5.16 Å². The van der Waals surface area contributed by atoms with Crippen LogP contribution in [0, 0.1) is 5.92 Å². The lowest BCUT2D eigenvalue weighted by Crippen LogP contribution is -2.37. The second-order valence-electron chi connectivity index (χ2n) is 5.05. The second kappa shape index (κ2) is 5.92. The summed E-state index contributed by atoms with van der Waals surface area (Å²) in [6.07, 6.45) is 1.94. The Morgan fingerprint density at radius 3 is 2.76 bits per heavy atom. The Balaban J connectivity index is 1.66. The average Bonchev–Trinajstić information content (AvgIpc) is 2.95. The molecule has 0 radical (unpaired) electrons. The third kappa shape index (κ3) is 3.19. The molecule has 3 N–H and O–H groups in total. The van der Waals surface area contributed by atoms with Crippen molar-refractivity contribution in [3.63, 3.8) is 0 Å². The summed E-state index contributed by atoms with van der Waals surface area (Å²) in [7, 11) is 0. The van der Waals surface area contributed by atoms with E-state index in [0.717, 1.165) is 37.2 Å². The first-order chi connectivity index (χ1) is 10.2. The van der Waals surface area contributed by atoms with Crippen molar-refractivity contribution in [2.75, 3.05) is 18.4 Å². The smallest absolute Gasteiger partial charge is 0.326 e. The first-order valence-corrected chi connectivity index (χ1v) is 6.90. The molecule has 1 amide bonds. The second-order valence-corrected chi connectivity index (χ2v) is 5.05. The summed E-state index contributed by atoms with van der Waals surface area (Å²) in [5, 5.41) is 9.73. The van der Waals surface area contributed by atoms with E-state index in [9.17, 15) is 9.59 Å². The quantitative estimate of drug-likeness (QED) is 0.781. The number of aromatic nitrogens is 2. The zero-order valence-electron chi connectivity index (χ0n) is 11.4.